The highest BCUT2D eigenvalue weighted by Gasteiger charge is 2.16. The number of amides is 1. The monoisotopic (exact) mass is 350 g/mol. The van der Waals surface area contributed by atoms with Crippen molar-refractivity contribution in [2.45, 2.75) is 32.2 Å². The fourth-order valence-corrected chi connectivity index (χ4v) is 3.43. The normalized spacial score (nSPS) is 15.8. The lowest BCUT2D eigenvalue weighted by atomic mass is 10.1. The summed E-state index contributed by atoms with van der Waals surface area (Å²) in [6.07, 6.45) is 5.56. The number of hydrogen-bond donors (Lipinski definition) is 1. The zero-order chi connectivity index (χ0) is 17.9. The fraction of sp³-hybridized carbons (Fsp3) is 0.368. The van der Waals surface area contributed by atoms with Crippen molar-refractivity contribution in [1.29, 1.82) is 0 Å². The Labute approximate surface area is 152 Å². The van der Waals surface area contributed by atoms with Gasteiger partial charge in [0.1, 0.15) is 0 Å². The van der Waals surface area contributed by atoms with Gasteiger partial charge in [0.05, 0.1) is 11.6 Å². The SMILES string of the molecule is C[C@@H](NC(=O)c1cccn2nnnc12)c1ccc(N2CCCCC2)cc1. The van der Waals surface area contributed by atoms with Crippen LogP contribution < -0.4 is 10.2 Å². The van der Waals surface area contributed by atoms with Crippen molar-refractivity contribution < 1.29 is 4.79 Å². The molecular formula is C19H22N6O. The van der Waals surface area contributed by atoms with E-state index >= 15 is 0 Å². The van der Waals surface area contributed by atoms with Gasteiger partial charge in [0, 0.05) is 25.0 Å². The predicted molar refractivity (Wildman–Crippen MR) is 99.2 cm³/mol. The van der Waals surface area contributed by atoms with E-state index in [9.17, 15) is 4.79 Å². The fourth-order valence-electron chi connectivity index (χ4n) is 3.43. The van der Waals surface area contributed by atoms with E-state index in [0.717, 1.165) is 18.7 Å². The zero-order valence-electron chi connectivity index (χ0n) is 14.8. The molecule has 3 aromatic rings. The number of hydrogen-bond acceptors (Lipinski definition) is 5. The molecule has 0 unspecified atom stereocenters. The molecule has 1 aliphatic heterocycles. The van der Waals surface area contributed by atoms with Crippen molar-refractivity contribution in [2.75, 3.05) is 18.0 Å². The molecule has 0 spiro atoms. The second-order valence-corrected chi connectivity index (χ2v) is 6.70. The van der Waals surface area contributed by atoms with E-state index in [1.165, 1.54) is 29.5 Å². The minimum Gasteiger partial charge on any atom is -0.372 e. The lowest BCUT2D eigenvalue weighted by molar-refractivity contribution is 0.0941. The number of nitrogens with zero attached hydrogens (tertiary/aromatic N) is 5. The molecule has 1 aromatic carbocycles. The van der Waals surface area contributed by atoms with E-state index in [1.807, 2.05) is 6.92 Å². The van der Waals surface area contributed by atoms with Gasteiger partial charge in [-0.15, -0.1) is 5.10 Å². The highest BCUT2D eigenvalue weighted by Crippen LogP contribution is 2.22. The number of carbonyl (C=O) groups excluding carboxylic acids is 1. The second kappa shape index (κ2) is 7.11. The quantitative estimate of drug-likeness (QED) is 0.783. The molecule has 0 saturated carbocycles. The lowest BCUT2D eigenvalue weighted by Crippen LogP contribution is -2.29. The van der Waals surface area contributed by atoms with Gasteiger partial charge in [0.25, 0.3) is 5.91 Å². The first-order chi connectivity index (χ1) is 12.7. The average molecular weight is 350 g/mol. The molecule has 1 aliphatic rings. The molecule has 1 atom stereocenters. The third-order valence-electron chi connectivity index (χ3n) is 4.93. The van der Waals surface area contributed by atoms with Crippen LogP contribution in [-0.4, -0.2) is 39.0 Å². The Balaban J connectivity index is 1.46. The summed E-state index contributed by atoms with van der Waals surface area (Å²) in [4.78, 5) is 15.1. The van der Waals surface area contributed by atoms with Crippen molar-refractivity contribution in [1.82, 2.24) is 25.4 Å². The Bertz CT molecular complexity index is 898. The van der Waals surface area contributed by atoms with E-state index in [1.54, 1.807) is 18.3 Å². The maximum atomic E-state index is 12.6. The number of rotatable bonds is 4. The van der Waals surface area contributed by atoms with Gasteiger partial charge in [-0.2, -0.15) is 4.52 Å². The molecule has 7 nitrogen and oxygen atoms in total. The summed E-state index contributed by atoms with van der Waals surface area (Å²) in [5.74, 6) is -0.182. The van der Waals surface area contributed by atoms with Crippen LogP contribution >= 0.6 is 0 Å². The molecule has 26 heavy (non-hydrogen) atoms. The first kappa shape index (κ1) is 16.5. The summed E-state index contributed by atoms with van der Waals surface area (Å²) in [6.45, 7) is 4.24. The van der Waals surface area contributed by atoms with Crippen LogP contribution in [0.4, 0.5) is 5.69 Å². The molecule has 2 aromatic heterocycles. The first-order valence-corrected chi connectivity index (χ1v) is 9.05. The third kappa shape index (κ3) is 3.24. The van der Waals surface area contributed by atoms with Crippen LogP contribution in [0.2, 0.25) is 0 Å². The molecule has 1 saturated heterocycles. The van der Waals surface area contributed by atoms with Gasteiger partial charge < -0.3 is 10.2 Å². The van der Waals surface area contributed by atoms with Crippen molar-refractivity contribution in [3.8, 4) is 0 Å². The predicted octanol–water partition coefficient (Wildman–Crippen LogP) is 2.61. The van der Waals surface area contributed by atoms with Gasteiger partial charge in [-0.3, -0.25) is 4.79 Å². The van der Waals surface area contributed by atoms with E-state index in [-0.39, 0.29) is 11.9 Å². The Morgan fingerprint density at radius 2 is 1.88 bits per heavy atom. The second-order valence-electron chi connectivity index (χ2n) is 6.70. The number of anilines is 1. The topological polar surface area (TPSA) is 75.4 Å². The summed E-state index contributed by atoms with van der Waals surface area (Å²) in [7, 11) is 0. The molecule has 0 aliphatic carbocycles. The number of pyridine rings is 1. The van der Waals surface area contributed by atoms with Crippen LogP contribution in [0.25, 0.3) is 5.65 Å². The van der Waals surface area contributed by atoms with Gasteiger partial charge in [-0.05, 0) is 66.4 Å². The van der Waals surface area contributed by atoms with Crippen molar-refractivity contribution in [3.05, 3.63) is 53.7 Å². The molecule has 3 heterocycles. The van der Waals surface area contributed by atoms with Gasteiger partial charge >= 0.3 is 0 Å². The number of piperidine rings is 1. The molecule has 134 valence electrons. The van der Waals surface area contributed by atoms with Gasteiger partial charge in [0.15, 0.2) is 5.65 Å². The summed E-state index contributed by atoms with van der Waals surface area (Å²) >= 11 is 0. The number of nitrogens with one attached hydrogen (secondary N) is 1. The average Bonchev–Trinajstić information content (AvgIpc) is 3.17. The number of benzene rings is 1. The molecule has 0 radical (unpaired) electrons. The van der Waals surface area contributed by atoms with E-state index in [4.69, 9.17) is 0 Å². The standard InChI is InChI=1S/C19H22N6O/c1-14(15-7-9-16(10-8-15)24-11-3-2-4-12-24)20-19(26)17-6-5-13-25-18(17)21-22-23-25/h5-10,13-14H,2-4,11-12H2,1H3,(H,20,26)/t14-/m1/s1. The highest BCUT2D eigenvalue weighted by molar-refractivity contribution is 5.99. The summed E-state index contributed by atoms with van der Waals surface area (Å²) in [5.41, 5.74) is 3.25. The molecule has 1 amide bonds. The molecule has 0 bridgehead atoms. The van der Waals surface area contributed by atoms with Crippen molar-refractivity contribution >= 4 is 17.2 Å². The van der Waals surface area contributed by atoms with Crippen molar-refractivity contribution in [3.63, 3.8) is 0 Å². The summed E-state index contributed by atoms with van der Waals surface area (Å²) in [6, 6.07) is 11.9. The van der Waals surface area contributed by atoms with E-state index < -0.39 is 0 Å². The Hall–Kier alpha value is -2.96. The Morgan fingerprint density at radius 1 is 1.12 bits per heavy atom. The molecule has 1 N–H and O–H groups in total. The first-order valence-electron chi connectivity index (χ1n) is 9.05. The van der Waals surface area contributed by atoms with Crippen LogP contribution in [0.3, 0.4) is 0 Å². The highest BCUT2D eigenvalue weighted by atomic mass is 16.1. The molecule has 1 fully saturated rings. The number of tetrazole rings is 1. The summed E-state index contributed by atoms with van der Waals surface area (Å²) < 4.78 is 1.49. The number of aromatic nitrogens is 4. The maximum Gasteiger partial charge on any atom is 0.255 e. The van der Waals surface area contributed by atoms with Crippen LogP contribution in [0.5, 0.6) is 0 Å². The van der Waals surface area contributed by atoms with E-state index in [2.05, 4.69) is 50.0 Å². The van der Waals surface area contributed by atoms with Crippen LogP contribution in [0.1, 0.15) is 48.1 Å². The summed E-state index contributed by atoms with van der Waals surface area (Å²) in [5, 5.41) is 14.4. The smallest absolute Gasteiger partial charge is 0.255 e. The number of carbonyl (C=O) groups is 1. The maximum absolute atomic E-state index is 12.6. The Kier molecular flexibility index (Phi) is 4.51. The lowest BCUT2D eigenvalue weighted by Gasteiger charge is -2.29. The van der Waals surface area contributed by atoms with Crippen molar-refractivity contribution in [2.24, 2.45) is 0 Å². The van der Waals surface area contributed by atoms with Gasteiger partial charge in [-0.1, -0.05) is 12.1 Å². The van der Waals surface area contributed by atoms with Crippen LogP contribution in [-0.2, 0) is 0 Å². The van der Waals surface area contributed by atoms with Gasteiger partial charge in [0.2, 0.25) is 0 Å². The Morgan fingerprint density at radius 3 is 2.65 bits per heavy atom. The van der Waals surface area contributed by atoms with Crippen LogP contribution in [0.15, 0.2) is 42.6 Å². The molecule has 4 rings (SSSR count). The minimum atomic E-state index is -0.182. The zero-order valence-corrected chi connectivity index (χ0v) is 14.8. The molecule has 7 heteroatoms. The number of fused-ring (bicyclic) bond motifs is 1. The molecular weight excluding hydrogens is 328 g/mol. The largest absolute Gasteiger partial charge is 0.372 e. The minimum absolute atomic E-state index is 0.103. The van der Waals surface area contributed by atoms with Gasteiger partial charge in [-0.25, -0.2) is 0 Å². The van der Waals surface area contributed by atoms with Crippen LogP contribution in [0, 0.1) is 0 Å². The third-order valence-corrected chi connectivity index (χ3v) is 4.93. The van der Waals surface area contributed by atoms with E-state index in [0.29, 0.717) is 11.2 Å².